The molecule has 2 heterocycles. The molecule has 1 saturated carbocycles. The average Bonchev–Trinajstić information content (AvgIpc) is 4.22. The quantitative estimate of drug-likeness (QED) is 0.171. The van der Waals surface area contributed by atoms with Crippen molar-refractivity contribution in [3.63, 3.8) is 0 Å². The van der Waals surface area contributed by atoms with Crippen LogP contribution in [0.25, 0.3) is 60.9 Å². The number of aromatic nitrogens is 1. The topological polar surface area (TPSA) is 8.17 Å². The molecule has 2 bridgehead atoms. The predicted octanol–water partition coefficient (Wildman–Crippen LogP) is 17.3. The van der Waals surface area contributed by atoms with Gasteiger partial charge in [0.25, 0.3) is 0 Å². The van der Waals surface area contributed by atoms with Gasteiger partial charge in [0, 0.05) is 33.8 Å². The van der Waals surface area contributed by atoms with Crippen molar-refractivity contribution in [1.29, 1.82) is 0 Å². The SMILES string of the molecule is C1=CC2C3=C(C=C4CC3C(c3cccc5c3C3(c6ccccc6-c6ccccc63)c3ccccc3-5)C4)N(c3ccccc3)C2C=C1.Cc1ccc(-c2ccc3c4ccccc4n(C4=CCCC=C4)c3c2)cc1. The molecule has 2 heteroatoms. The summed E-state index contributed by atoms with van der Waals surface area (Å²) in [5, 5.41) is 2.63. The zero-order valence-corrected chi connectivity index (χ0v) is 40.5. The van der Waals surface area contributed by atoms with E-state index in [1.807, 2.05) is 0 Å². The van der Waals surface area contributed by atoms with Crippen LogP contribution in [0, 0.1) is 18.8 Å². The number of anilines is 1. The molecule has 1 aliphatic heterocycles. The Morgan fingerprint density at radius 2 is 1.17 bits per heavy atom. The number of aryl methyl sites for hydroxylation is 1. The fraction of sp³-hybridized carbons (Fsp3) is 0.143. The third kappa shape index (κ3) is 5.96. The lowest BCUT2D eigenvalue weighted by molar-refractivity contribution is 0.503. The van der Waals surface area contributed by atoms with Crippen molar-refractivity contribution >= 4 is 33.2 Å². The van der Waals surface area contributed by atoms with Gasteiger partial charge in [0.15, 0.2) is 0 Å². The van der Waals surface area contributed by atoms with Gasteiger partial charge >= 0.3 is 0 Å². The molecule has 1 aromatic heterocycles. The van der Waals surface area contributed by atoms with Gasteiger partial charge < -0.3 is 9.47 Å². The molecule has 16 rings (SSSR count). The van der Waals surface area contributed by atoms with Gasteiger partial charge in [-0.05, 0) is 148 Å². The summed E-state index contributed by atoms with van der Waals surface area (Å²) in [7, 11) is 0. The lowest BCUT2D eigenvalue weighted by Crippen LogP contribution is -2.32. The molecule has 1 fully saturated rings. The minimum atomic E-state index is -0.306. The standard InChI is InChI=1S/C45H33N.C25H21N/c1-2-13-29(14-3-1)46-41-24-11-7-18-35(41)43-37-26-28(27-42(43)46)25-36(37)34-20-12-19-33-32-17-6-10-23-40(32)45(44(33)34)38-21-8-4-15-30(38)31-16-5-9-22-39(31)45;1-18-11-13-19(14-12-18)20-15-16-23-22-9-5-6-10-24(22)26(25(23)17-20)21-7-3-2-4-8-21/h1-24,27,35-37,41H,25-26H2;3,5-17H,2,4H2,1H3. The van der Waals surface area contributed by atoms with E-state index in [1.165, 1.54) is 107 Å². The number of benzene rings is 8. The van der Waals surface area contributed by atoms with E-state index in [0.29, 0.717) is 23.8 Å². The van der Waals surface area contributed by atoms with Crippen molar-refractivity contribution in [2.24, 2.45) is 11.8 Å². The molecule has 9 aromatic rings. The Labute approximate surface area is 422 Å². The minimum absolute atomic E-state index is 0.306. The van der Waals surface area contributed by atoms with Crippen molar-refractivity contribution in [1.82, 2.24) is 4.57 Å². The second-order valence-corrected chi connectivity index (χ2v) is 21.0. The van der Waals surface area contributed by atoms with Crippen LogP contribution in [-0.2, 0) is 5.41 Å². The molecule has 7 aliphatic rings. The Morgan fingerprint density at radius 1 is 0.528 bits per heavy atom. The van der Waals surface area contributed by atoms with Crippen molar-refractivity contribution in [3.8, 4) is 33.4 Å². The summed E-state index contributed by atoms with van der Waals surface area (Å²) < 4.78 is 2.41. The van der Waals surface area contributed by atoms with Gasteiger partial charge in [0.1, 0.15) is 0 Å². The van der Waals surface area contributed by atoms with E-state index in [-0.39, 0.29) is 5.41 Å². The van der Waals surface area contributed by atoms with Crippen LogP contribution in [0.5, 0.6) is 0 Å². The van der Waals surface area contributed by atoms with Gasteiger partial charge in [0.2, 0.25) is 0 Å². The van der Waals surface area contributed by atoms with Crippen LogP contribution in [0.2, 0.25) is 0 Å². The first-order chi connectivity index (χ1) is 35.6. The predicted molar refractivity (Wildman–Crippen MR) is 300 cm³/mol. The first kappa shape index (κ1) is 41.6. The average molecular weight is 923 g/mol. The van der Waals surface area contributed by atoms with Crippen LogP contribution in [0.3, 0.4) is 0 Å². The summed E-state index contributed by atoms with van der Waals surface area (Å²) >= 11 is 0. The molecule has 0 radical (unpaired) electrons. The second-order valence-electron chi connectivity index (χ2n) is 21.0. The van der Waals surface area contributed by atoms with Gasteiger partial charge in [-0.3, -0.25) is 0 Å². The van der Waals surface area contributed by atoms with Gasteiger partial charge in [-0.25, -0.2) is 0 Å². The number of fused-ring (bicyclic) bond motifs is 18. The first-order valence-electron chi connectivity index (χ1n) is 26.2. The molecule has 344 valence electrons. The summed E-state index contributed by atoms with van der Waals surface area (Å²) in [6.07, 6.45) is 23.4. The summed E-state index contributed by atoms with van der Waals surface area (Å²) in [5.41, 5.74) is 26.3. The van der Waals surface area contributed by atoms with Gasteiger partial charge in [0.05, 0.1) is 22.5 Å². The third-order valence-corrected chi connectivity index (χ3v) is 17.3. The molecule has 0 saturated heterocycles. The maximum Gasteiger partial charge on any atom is 0.0728 e. The highest BCUT2D eigenvalue weighted by Gasteiger charge is 2.55. The van der Waals surface area contributed by atoms with Crippen LogP contribution in [0.4, 0.5) is 5.69 Å². The van der Waals surface area contributed by atoms with E-state index in [9.17, 15) is 0 Å². The minimum Gasteiger partial charge on any atom is -0.334 e. The third-order valence-electron chi connectivity index (χ3n) is 17.3. The van der Waals surface area contributed by atoms with E-state index in [2.05, 4.69) is 253 Å². The number of hydrogen-bond donors (Lipinski definition) is 0. The fourth-order valence-corrected chi connectivity index (χ4v) is 14.4. The lowest BCUT2D eigenvalue weighted by Gasteiger charge is -2.35. The molecular weight excluding hydrogens is 869 g/mol. The van der Waals surface area contributed by atoms with E-state index < -0.39 is 0 Å². The highest BCUT2D eigenvalue weighted by molar-refractivity contribution is 6.11. The van der Waals surface area contributed by atoms with Gasteiger partial charge in [-0.15, -0.1) is 0 Å². The number of hydrogen-bond acceptors (Lipinski definition) is 1. The normalized spacial score (nSPS) is 20.9. The second kappa shape index (κ2) is 16.2. The molecule has 2 nitrogen and oxygen atoms in total. The first-order valence-corrected chi connectivity index (χ1v) is 26.2. The number of para-hydroxylation sites is 2. The summed E-state index contributed by atoms with van der Waals surface area (Å²) in [6, 6.07) is 70.7. The lowest BCUT2D eigenvalue weighted by atomic mass is 9.66. The van der Waals surface area contributed by atoms with Crippen LogP contribution >= 0.6 is 0 Å². The molecule has 4 atom stereocenters. The van der Waals surface area contributed by atoms with Gasteiger partial charge in [-0.2, -0.15) is 0 Å². The molecule has 0 N–H and O–H groups in total. The summed E-state index contributed by atoms with van der Waals surface area (Å²) in [4.78, 5) is 2.63. The van der Waals surface area contributed by atoms with Crippen molar-refractivity contribution in [2.45, 2.75) is 50.0 Å². The number of allylic oxidation sites excluding steroid dienone is 8. The van der Waals surface area contributed by atoms with Crippen LogP contribution < -0.4 is 4.90 Å². The molecule has 6 aliphatic carbocycles. The van der Waals surface area contributed by atoms with Crippen LogP contribution in [-0.4, -0.2) is 10.6 Å². The highest BCUT2D eigenvalue weighted by atomic mass is 15.2. The Morgan fingerprint density at radius 3 is 1.92 bits per heavy atom. The van der Waals surface area contributed by atoms with Gasteiger partial charge in [-0.1, -0.05) is 211 Å². The molecule has 4 unspecified atom stereocenters. The molecule has 1 spiro atoms. The number of nitrogens with zero attached hydrogens (tertiary/aromatic N) is 2. The molecule has 72 heavy (non-hydrogen) atoms. The summed E-state index contributed by atoms with van der Waals surface area (Å²) in [6.45, 7) is 2.13. The summed E-state index contributed by atoms with van der Waals surface area (Å²) in [5.74, 6) is 1.33. The molecule has 0 amide bonds. The van der Waals surface area contributed by atoms with E-state index >= 15 is 0 Å². The monoisotopic (exact) mass is 922 g/mol. The largest absolute Gasteiger partial charge is 0.334 e. The highest BCUT2D eigenvalue weighted by Crippen LogP contribution is 2.66. The smallest absolute Gasteiger partial charge is 0.0728 e. The van der Waals surface area contributed by atoms with E-state index in [4.69, 9.17) is 0 Å². The zero-order chi connectivity index (χ0) is 47.5. The van der Waals surface area contributed by atoms with Crippen molar-refractivity contribution in [2.75, 3.05) is 4.90 Å². The maximum atomic E-state index is 2.63. The van der Waals surface area contributed by atoms with Crippen LogP contribution in [0.1, 0.15) is 65.0 Å². The zero-order valence-electron chi connectivity index (χ0n) is 40.5. The van der Waals surface area contributed by atoms with Crippen molar-refractivity contribution in [3.05, 3.63) is 287 Å². The van der Waals surface area contributed by atoms with Crippen LogP contribution in [0.15, 0.2) is 254 Å². The Balaban J connectivity index is 0.000000151. The molecular formula is C70H54N2. The Hall–Kier alpha value is -8.20. The number of rotatable bonds is 4. The Bertz CT molecular complexity index is 3840. The molecule has 8 aromatic carbocycles. The van der Waals surface area contributed by atoms with E-state index in [1.54, 1.807) is 16.7 Å². The maximum absolute atomic E-state index is 2.63. The van der Waals surface area contributed by atoms with E-state index in [0.717, 1.165) is 19.3 Å². The Kier molecular flexibility index (Phi) is 9.33. The van der Waals surface area contributed by atoms with Crippen molar-refractivity contribution < 1.29 is 0 Å². The fourth-order valence-electron chi connectivity index (χ4n) is 14.4.